The summed E-state index contributed by atoms with van der Waals surface area (Å²) in [6.45, 7) is 5.81. The lowest BCUT2D eigenvalue weighted by molar-refractivity contribution is 0.0755. The summed E-state index contributed by atoms with van der Waals surface area (Å²) in [5.74, 6) is 0.816. The van der Waals surface area contributed by atoms with E-state index < -0.39 is 0 Å². The van der Waals surface area contributed by atoms with Gasteiger partial charge in [-0.2, -0.15) is 0 Å². The van der Waals surface area contributed by atoms with Crippen LogP contribution in [0, 0.1) is 0 Å². The van der Waals surface area contributed by atoms with E-state index in [4.69, 9.17) is 0 Å². The molecule has 0 atom stereocenters. The van der Waals surface area contributed by atoms with Crippen molar-refractivity contribution in [1.82, 2.24) is 14.9 Å². The number of nitrogens with one attached hydrogen (secondary N) is 1. The van der Waals surface area contributed by atoms with Crippen LogP contribution >= 0.6 is 0 Å². The van der Waals surface area contributed by atoms with Crippen LogP contribution in [0.5, 0.6) is 0 Å². The Morgan fingerprint density at radius 1 is 0.964 bits per heavy atom. The van der Waals surface area contributed by atoms with Gasteiger partial charge in [0.25, 0.3) is 5.91 Å². The third-order valence-electron chi connectivity index (χ3n) is 5.33. The molecular formula is C23H32N4O. The van der Waals surface area contributed by atoms with Gasteiger partial charge in [0.1, 0.15) is 0 Å². The Morgan fingerprint density at radius 2 is 1.57 bits per heavy atom. The zero-order valence-electron chi connectivity index (χ0n) is 17.2. The number of carbonyl (C=O) groups excluding carboxylic acids is 1. The molecule has 3 rings (SSSR count). The number of carbonyl (C=O) groups is 1. The number of amides is 1. The monoisotopic (exact) mass is 380 g/mol. The number of benzene rings is 1. The summed E-state index contributed by atoms with van der Waals surface area (Å²) in [6, 6.07) is 8.28. The molecule has 0 radical (unpaired) electrons. The van der Waals surface area contributed by atoms with E-state index in [0.29, 0.717) is 12.0 Å². The van der Waals surface area contributed by atoms with Gasteiger partial charge in [0.05, 0.1) is 0 Å². The topological polar surface area (TPSA) is 58.1 Å². The molecule has 1 N–H and O–H groups in total. The minimum absolute atomic E-state index is 0.110. The molecule has 0 aliphatic heterocycles. The molecule has 1 aromatic carbocycles. The summed E-state index contributed by atoms with van der Waals surface area (Å²) in [7, 11) is 0. The zero-order chi connectivity index (χ0) is 19.8. The molecule has 0 bridgehead atoms. The fourth-order valence-electron chi connectivity index (χ4n) is 3.82. The quantitative estimate of drug-likeness (QED) is 0.688. The van der Waals surface area contributed by atoms with Gasteiger partial charge in [0.2, 0.25) is 5.95 Å². The molecule has 0 saturated heterocycles. The Labute approximate surface area is 168 Å². The van der Waals surface area contributed by atoms with Gasteiger partial charge in [-0.15, -0.1) is 0 Å². The summed E-state index contributed by atoms with van der Waals surface area (Å²) in [4.78, 5) is 23.6. The van der Waals surface area contributed by atoms with E-state index in [1.165, 1.54) is 32.1 Å². The largest absolute Gasteiger partial charge is 0.351 e. The second kappa shape index (κ2) is 10.2. The van der Waals surface area contributed by atoms with Crippen molar-refractivity contribution in [3.8, 4) is 11.1 Å². The second-order valence-electron chi connectivity index (χ2n) is 7.64. The average molecular weight is 381 g/mol. The molecule has 0 unspecified atom stereocenters. The van der Waals surface area contributed by atoms with Crippen LogP contribution in [-0.4, -0.2) is 39.9 Å². The van der Waals surface area contributed by atoms with Gasteiger partial charge >= 0.3 is 0 Å². The number of aromatic nitrogens is 2. The first-order valence-corrected chi connectivity index (χ1v) is 10.7. The molecule has 1 aliphatic carbocycles. The third kappa shape index (κ3) is 5.31. The van der Waals surface area contributed by atoms with E-state index in [1.54, 1.807) is 0 Å². The molecule has 0 spiro atoms. The van der Waals surface area contributed by atoms with Gasteiger partial charge in [0, 0.05) is 42.7 Å². The fourth-order valence-corrected chi connectivity index (χ4v) is 3.82. The molecule has 1 saturated carbocycles. The average Bonchev–Trinajstić information content (AvgIpc) is 2.74. The molecule has 1 fully saturated rings. The summed E-state index contributed by atoms with van der Waals surface area (Å²) in [5.41, 5.74) is 2.73. The Hall–Kier alpha value is -2.43. The Morgan fingerprint density at radius 3 is 2.14 bits per heavy atom. The molecule has 5 heteroatoms. The minimum atomic E-state index is 0.110. The van der Waals surface area contributed by atoms with Crippen LogP contribution in [0.2, 0.25) is 0 Å². The van der Waals surface area contributed by atoms with Gasteiger partial charge in [-0.25, -0.2) is 9.97 Å². The van der Waals surface area contributed by atoms with Crippen LogP contribution in [0.4, 0.5) is 5.95 Å². The lowest BCUT2D eigenvalue weighted by atomic mass is 9.96. The van der Waals surface area contributed by atoms with Crippen molar-refractivity contribution in [2.75, 3.05) is 18.4 Å². The second-order valence-corrected chi connectivity index (χ2v) is 7.64. The lowest BCUT2D eigenvalue weighted by Crippen LogP contribution is -2.32. The fraction of sp³-hybridized carbons (Fsp3) is 0.522. The van der Waals surface area contributed by atoms with Crippen LogP contribution in [0.1, 0.15) is 69.2 Å². The van der Waals surface area contributed by atoms with E-state index in [2.05, 4.69) is 29.1 Å². The summed E-state index contributed by atoms with van der Waals surface area (Å²) >= 11 is 0. The number of rotatable bonds is 8. The van der Waals surface area contributed by atoms with Crippen LogP contribution in [0.25, 0.3) is 11.1 Å². The SMILES string of the molecule is CCCN(CCC)C(=O)c1ccc(-c2cnc(NC3CCCCC3)nc2)cc1. The summed E-state index contributed by atoms with van der Waals surface area (Å²) < 4.78 is 0. The normalized spacial score (nSPS) is 14.6. The zero-order valence-corrected chi connectivity index (χ0v) is 17.2. The van der Waals surface area contributed by atoms with Crippen LogP contribution < -0.4 is 5.32 Å². The smallest absolute Gasteiger partial charge is 0.253 e. The van der Waals surface area contributed by atoms with E-state index in [-0.39, 0.29) is 5.91 Å². The molecule has 1 amide bonds. The van der Waals surface area contributed by atoms with Crippen molar-refractivity contribution >= 4 is 11.9 Å². The molecule has 1 aromatic heterocycles. The first-order valence-electron chi connectivity index (χ1n) is 10.7. The Kier molecular flexibility index (Phi) is 7.40. The van der Waals surface area contributed by atoms with Crippen molar-refractivity contribution < 1.29 is 4.79 Å². The Balaban J connectivity index is 1.64. The van der Waals surface area contributed by atoms with Crippen molar-refractivity contribution in [2.45, 2.75) is 64.8 Å². The van der Waals surface area contributed by atoms with Gasteiger partial charge in [-0.1, -0.05) is 45.2 Å². The molecule has 28 heavy (non-hydrogen) atoms. The number of anilines is 1. The van der Waals surface area contributed by atoms with E-state index >= 15 is 0 Å². The van der Waals surface area contributed by atoms with E-state index in [1.807, 2.05) is 41.6 Å². The van der Waals surface area contributed by atoms with Crippen LogP contribution in [-0.2, 0) is 0 Å². The Bertz CT molecular complexity index is 730. The van der Waals surface area contributed by atoms with Crippen LogP contribution in [0.15, 0.2) is 36.7 Å². The molecule has 2 aromatic rings. The maximum atomic E-state index is 12.7. The predicted molar refractivity (Wildman–Crippen MR) is 114 cm³/mol. The number of nitrogens with zero attached hydrogens (tertiary/aromatic N) is 3. The summed E-state index contributed by atoms with van der Waals surface area (Å²) in [5, 5.41) is 3.45. The summed E-state index contributed by atoms with van der Waals surface area (Å²) in [6.07, 6.45) is 12.0. The molecule has 150 valence electrons. The molecule has 5 nitrogen and oxygen atoms in total. The molecule has 1 heterocycles. The predicted octanol–water partition coefficient (Wildman–Crippen LogP) is 5.15. The van der Waals surface area contributed by atoms with Crippen molar-refractivity contribution in [1.29, 1.82) is 0 Å². The molecular weight excluding hydrogens is 348 g/mol. The van der Waals surface area contributed by atoms with Crippen LogP contribution in [0.3, 0.4) is 0 Å². The minimum Gasteiger partial charge on any atom is -0.351 e. The van der Waals surface area contributed by atoms with Crippen molar-refractivity contribution in [3.05, 3.63) is 42.2 Å². The van der Waals surface area contributed by atoms with E-state index in [9.17, 15) is 4.79 Å². The maximum Gasteiger partial charge on any atom is 0.253 e. The van der Waals surface area contributed by atoms with Gasteiger partial charge in [-0.3, -0.25) is 4.79 Å². The lowest BCUT2D eigenvalue weighted by Gasteiger charge is -2.22. The van der Waals surface area contributed by atoms with Crippen molar-refractivity contribution in [2.24, 2.45) is 0 Å². The van der Waals surface area contributed by atoms with E-state index in [0.717, 1.165) is 42.6 Å². The highest BCUT2D eigenvalue weighted by Crippen LogP contribution is 2.22. The van der Waals surface area contributed by atoms with Crippen molar-refractivity contribution in [3.63, 3.8) is 0 Å². The first kappa shape index (κ1) is 20.3. The van der Waals surface area contributed by atoms with Gasteiger partial charge in [-0.05, 0) is 43.4 Å². The molecule has 1 aliphatic rings. The number of hydrogen-bond donors (Lipinski definition) is 1. The highest BCUT2D eigenvalue weighted by atomic mass is 16.2. The van der Waals surface area contributed by atoms with Gasteiger partial charge < -0.3 is 10.2 Å². The highest BCUT2D eigenvalue weighted by molar-refractivity contribution is 5.94. The van der Waals surface area contributed by atoms with Gasteiger partial charge in [0.15, 0.2) is 0 Å². The maximum absolute atomic E-state index is 12.7. The first-order chi connectivity index (χ1) is 13.7. The number of hydrogen-bond acceptors (Lipinski definition) is 4. The standard InChI is InChI=1S/C23H32N4O/c1-3-14-27(15-4-2)22(28)19-12-10-18(11-13-19)20-16-24-23(25-17-20)26-21-8-6-5-7-9-21/h10-13,16-17,21H,3-9,14-15H2,1-2H3,(H,24,25,26). The third-order valence-corrected chi connectivity index (χ3v) is 5.33. The highest BCUT2D eigenvalue weighted by Gasteiger charge is 2.15.